The first kappa shape index (κ1) is 18.0. The van der Waals surface area contributed by atoms with Crippen molar-refractivity contribution >= 4 is 11.6 Å². The number of alkyl halides is 3. The molecule has 0 aliphatic carbocycles. The smallest absolute Gasteiger partial charge is 0.367 e. The van der Waals surface area contributed by atoms with Crippen molar-refractivity contribution in [2.24, 2.45) is 0 Å². The van der Waals surface area contributed by atoms with Crippen molar-refractivity contribution in [1.82, 2.24) is 5.32 Å². The molecule has 0 unspecified atom stereocenters. The Labute approximate surface area is 150 Å². The molecule has 0 spiro atoms. The van der Waals surface area contributed by atoms with Crippen molar-refractivity contribution in [1.29, 1.82) is 0 Å². The predicted octanol–water partition coefficient (Wildman–Crippen LogP) is 4.46. The summed E-state index contributed by atoms with van der Waals surface area (Å²) in [6.07, 6.45) is -2.36. The van der Waals surface area contributed by atoms with Gasteiger partial charge in [-0.15, -0.1) is 0 Å². The fourth-order valence-electron chi connectivity index (χ4n) is 3.20. The van der Waals surface area contributed by atoms with E-state index in [1.807, 2.05) is 24.3 Å². The number of carbonyl (C=O) groups is 1. The van der Waals surface area contributed by atoms with E-state index in [-0.39, 0.29) is 11.9 Å². The second-order valence-electron chi connectivity index (χ2n) is 6.23. The van der Waals surface area contributed by atoms with Gasteiger partial charge in [0.05, 0.1) is 11.6 Å². The van der Waals surface area contributed by atoms with Crippen LogP contribution in [-0.4, -0.2) is 12.5 Å². The molecule has 2 aromatic rings. The number of benzene rings is 2. The van der Waals surface area contributed by atoms with E-state index in [0.29, 0.717) is 13.1 Å². The van der Waals surface area contributed by atoms with Crippen molar-refractivity contribution in [2.75, 3.05) is 11.4 Å². The Morgan fingerprint density at radius 3 is 2.54 bits per heavy atom. The van der Waals surface area contributed by atoms with Crippen molar-refractivity contribution in [3.63, 3.8) is 0 Å². The number of anilines is 1. The Kier molecular flexibility index (Phi) is 5.02. The molecule has 3 nitrogen and oxygen atoms in total. The summed E-state index contributed by atoms with van der Waals surface area (Å²) >= 11 is 0. The Hall–Kier alpha value is -2.76. The van der Waals surface area contributed by atoms with Gasteiger partial charge in [0, 0.05) is 18.8 Å². The monoisotopic (exact) mass is 360 g/mol. The molecule has 0 saturated carbocycles. The van der Waals surface area contributed by atoms with E-state index in [0.717, 1.165) is 35.4 Å². The standard InChI is InChI=1S/C20H19F3N2O/c1-2-19(26)24-17-11-12-25(18-6-4-3-5-16(17)18)13-14-7-9-15(10-8-14)20(21,22)23/h2-10,17H,1,11-13H2,(H,24,26)/t17-/m0/s1. The van der Waals surface area contributed by atoms with Gasteiger partial charge < -0.3 is 10.2 Å². The second kappa shape index (κ2) is 7.23. The molecule has 1 N–H and O–H groups in total. The minimum absolute atomic E-state index is 0.0967. The average molecular weight is 360 g/mol. The van der Waals surface area contributed by atoms with Crippen LogP contribution in [0.25, 0.3) is 0 Å². The third-order valence-corrected chi connectivity index (χ3v) is 4.50. The first-order chi connectivity index (χ1) is 12.4. The summed E-state index contributed by atoms with van der Waals surface area (Å²) in [5, 5.41) is 2.92. The summed E-state index contributed by atoms with van der Waals surface area (Å²) in [6.45, 7) is 4.68. The van der Waals surface area contributed by atoms with Gasteiger partial charge in [0.2, 0.25) is 5.91 Å². The van der Waals surface area contributed by atoms with Crippen LogP contribution in [0.15, 0.2) is 61.2 Å². The topological polar surface area (TPSA) is 32.3 Å². The van der Waals surface area contributed by atoms with Crippen LogP contribution in [0.4, 0.5) is 18.9 Å². The second-order valence-corrected chi connectivity index (χ2v) is 6.23. The molecular formula is C20H19F3N2O. The zero-order valence-electron chi connectivity index (χ0n) is 14.1. The van der Waals surface area contributed by atoms with Crippen molar-refractivity contribution in [3.8, 4) is 0 Å². The number of para-hydroxylation sites is 1. The number of nitrogens with zero attached hydrogens (tertiary/aromatic N) is 1. The summed E-state index contributed by atoms with van der Waals surface area (Å²) < 4.78 is 38.1. The summed E-state index contributed by atoms with van der Waals surface area (Å²) in [4.78, 5) is 13.8. The van der Waals surface area contributed by atoms with Gasteiger partial charge in [-0.2, -0.15) is 13.2 Å². The van der Waals surface area contributed by atoms with Gasteiger partial charge in [0.1, 0.15) is 0 Å². The number of carbonyl (C=O) groups excluding carboxylic acids is 1. The van der Waals surface area contributed by atoms with Crippen LogP contribution in [-0.2, 0) is 17.5 Å². The van der Waals surface area contributed by atoms with Gasteiger partial charge in [-0.05, 0) is 41.8 Å². The molecule has 1 heterocycles. The van der Waals surface area contributed by atoms with Crippen molar-refractivity contribution in [2.45, 2.75) is 25.2 Å². The highest BCUT2D eigenvalue weighted by Gasteiger charge is 2.30. The van der Waals surface area contributed by atoms with Crippen LogP contribution < -0.4 is 10.2 Å². The van der Waals surface area contributed by atoms with E-state index < -0.39 is 11.7 Å². The van der Waals surface area contributed by atoms with Gasteiger partial charge in [0.25, 0.3) is 0 Å². The summed E-state index contributed by atoms with van der Waals surface area (Å²) in [7, 11) is 0. The highest BCUT2D eigenvalue weighted by Crippen LogP contribution is 2.35. The Morgan fingerprint density at radius 1 is 1.19 bits per heavy atom. The third-order valence-electron chi connectivity index (χ3n) is 4.50. The molecule has 1 aliphatic heterocycles. The molecule has 136 valence electrons. The van der Waals surface area contributed by atoms with Gasteiger partial charge in [-0.25, -0.2) is 0 Å². The first-order valence-electron chi connectivity index (χ1n) is 8.31. The molecule has 26 heavy (non-hydrogen) atoms. The highest BCUT2D eigenvalue weighted by molar-refractivity contribution is 5.87. The Bertz CT molecular complexity index is 799. The summed E-state index contributed by atoms with van der Waals surface area (Å²) in [6, 6.07) is 12.9. The van der Waals surface area contributed by atoms with Crippen LogP contribution in [0.2, 0.25) is 0 Å². The number of amides is 1. The molecule has 1 atom stereocenters. The van der Waals surface area contributed by atoms with Crippen LogP contribution in [0.3, 0.4) is 0 Å². The Morgan fingerprint density at radius 2 is 1.88 bits per heavy atom. The van der Waals surface area contributed by atoms with Gasteiger partial charge in [-0.1, -0.05) is 36.9 Å². The minimum Gasteiger partial charge on any atom is -0.367 e. The average Bonchev–Trinajstić information content (AvgIpc) is 2.63. The third kappa shape index (κ3) is 3.90. The zero-order chi connectivity index (χ0) is 18.7. The molecule has 1 aliphatic rings. The molecule has 0 fully saturated rings. The maximum absolute atomic E-state index is 12.7. The molecular weight excluding hydrogens is 341 g/mol. The molecule has 0 aromatic heterocycles. The lowest BCUT2D eigenvalue weighted by atomic mass is 9.95. The van der Waals surface area contributed by atoms with E-state index in [9.17, 15) is 18.0 Å². The van der Waals surface area contributed by atoms with Gasteiger partial charge >= 0.3 is 6.18 Å². The number of hydrogen-bond acceptors (Lipinski definition) is 2. The summed E-state index contributed by atoms with van der Waals surface area (Å²) in [5.41, 5.74) is 2.14. The van der Waals surface area contributed by atoms with Crippen molar-refractivity contribution in [3.05, 3.63) is 77.9 Å². The van der Waals surface area contributed by atoms with E-state index in [2.05, 4.69) is 16.8 Å². The largest absolute Gasteiger partial charge is 0.416 e. The normalized spacial score (nSPS) is 16.7. The lowest BCUT2D eigenvalue weighted by molar-refractivity contribution is -0.137. The van der Waals surface area contributed by atoms with Crippen molar-refractivity contribution < 1.29 is 18.0 Å². The van der Waals surface area contributed by atoms with E-state index in [4.69, 9.17) is 0 Å². The quantitative estimate of drug-likeness (QED) is 0.817. The molecule has 1 amide bonds. The number of rotatable bonds is 4. The number of nitrogens with one attached hydrogen (secondary N) is 1. The Balaban J connectivity index is 1.79. The molecule has 3 rings (SSSR count). The van der Waals surface area contributed by atoms with Crippen LogP contribution in [0.5, 0.6) is 0 Å². The van der Waals surface area contributed by atoms with E-state index in [1.165, 1.54) is 18.2 Å². The lowest BCUT2D eigenvalue weighted by Gasteiger charge is -2.36. The number of fused-ring (bicyclic) bond motifs is 1. The van der Waals surface area contributed by atoms with Crippen LogP contribution in [0.1, 0.15) is 29.2 Å². The lowest BCUT2D eigenvalue weighted by Crippen LogP contribution is -2.37. The fraction of sp³-hybridized carbons (Fsp3) is 0.250. The maximum atomic E-state index is 12.7. The SMILES string of the molecule is C=CC(=O)N[C@H]1CCN(Cc2ccc(C(F)(F)F)cc2)c2ccccc21. The van der Waals surface area contributed by atoms with Gasteiger partial charge in [-0.3, -0.25) is 4.79 Å². The minimum atomic E-state index is -4.33. The number of halogens is 3. The number of hydrogen-bond donors (Lipinski definition) is 1. The highest BCUT2D eigenvalue weighted by atomic mass is 19.4. The fourth-order valence-corrected chi connectivity index (χ4v) is 3.20. The van der Waals surface area contributed by atoms with Gasteiger partial charge in [0.15, 0.2) is 0 Å². The molecule has 0 radical (unpaired) electrons. The molecule has 0 saturated heterocycles. The first-order valence-corrected chi connectivity index (χ1v) is 8.31. The zero-order valence-corrected chi connectivity index (χ0v) is 14.1. The predicted molar refractivity (Wildman–Crippen MR) is 94.6 cm³/mol. The maximum Gasteiger partial charge on any atom is 0.416 e. The van der Waals surface area contributed by atoms with Crippen LogP contribution >= 0.6 is 0 Å². The summed E-state index contributed by atoms with van der Waals surface area (Å²) in [5.74, 6) is -0.221. The molecule has 6 heteroatoms. The van der Waals surface area contributed by atoms with E-state index in [1.54, 1.807) is 0 Å². The van der Waals surface area contributed by atoms with E-state index >= 15 is 0 Å². The molecule has 0 bridgehead atoms. The molecule has 2 aromatic carbocycles. The van der Waals surface area contributed by atoms with Crippen LogP contribution in [0, 0.1) is 0 Å².